The smallest absolute Gasteiger partial charge is 0.0644 e. The summed E-state index contributed by atoms with van der Waals surface area (Å²) in [4.78, 5) is 0. The van der Waals surface area contributed by atoms with E-state index in [0.717, 1.165) is 16.8 Å². The van der Waals surface area contributed by atoms with Gasteiger partial charge in [-0.1, -0.05) is 63.6 Å². The number of nitrogens with one attached hydrogen (secondary N) is 1. The summed E-state index contributed by atoms with van der Waals surface area (Å²) in [5.41, 5.74) is 16.4. The van der Waals surface area contributed by atoms with Gasteiger partial charge in [-0.05, 0) is 49.2 Å². The van der Waals surface area contributed by atoms with E-state index in [1.54, 1.807) is 12.1 Å². The number of benzene rings is 2. The van der Waals surface area contributed by atoms with Crippen molar-refractivity contribution in [2.45, 2.75) is 41.5 Å². The molecule has 0 aliphatic heterocycles. The van der Waals surface area contributed by atoms with Crippen molar-refractivity contribution in [3.63, 3.8) is 0 Å². The minimum absolute atomic E-state index is 0.479. The van der Waals surface area contributed by atoms with Gasteiger partial charge < -0.3 is 16.9 Å². The van der Waals surface area contributed by atoms with Gasteiger partial charge in [0.05, 0.1) is 10.7 Å². The van der Waals surface area contributed by atoms with Gasteiger partial charge in [0.15, 0.2) is 0 Å². The molecular weight excluding hydrogens is 330 g/mol. The molecule has 0 saturated carbocycles. The summed E-state index contributed by atoms with van der Waals surface area (Å²) in [6.45, 7) is 15.6. The molecule has 0 amide bonds. The minimum Gasteiger partial charge on any atom is -0.398 e. The second-order valence-corrected chi connectivity index (χ2v) is 5.14. The Hall–Kier alpha value is -2.26. The molecular formula is C21H32ClN3. The number of nitrogens with two attached hydrogens (primary N) is 2. The van der Waals surface area contributed by atoms with Gasteiger partial charge in [0.1, 0.15) is 0 Å². The number of hydrogen-bond acceptors (Lipinski definition) is 3. The normalized spacial score (nSPS) is 8.44. The number of aryl methyl sites for hydroxylation is 2. The van der Waals surface area contributed by atoms with Crippen LogP contribution in [0.4, 0.5) is 11.4 Å². The maximum atomic E-state index is 7.01. The fraction of sp³-hybridized carbons (Fsp3) is 0.286. The van der Waals surface area contributed by atoms with E-state index in [0.29, 0.717) is 16.3 Å². The molecule has 0 heterocycles. The Balaban J connectivity index is 0. The van der Waals surface area contributed by atoms with Crippen LogP contribution in [-0.4, -0.2) is 6.21 Å². The summed E-state index contributed by atoms with van der Waals surface area (Å²) in [7, 11) is 0. The van der Waals surface area contributed by atoms with Crippen molar-refractivity contribution in [2.75, 3.05) is 11.5 Å². The average molecular weight is 362 g/mol. The third kappa shape index (κ3) is 8.96. The van der Waals surface area contributed by atoms with E-state index in [4.69, 9.17) is 28.5 Å². The number of anilines is 2. The second-order valence-electron chi connectivity index (χ2n) is 4.73. The van der Waals surface area contributed by atoms with Crippen LogP contribution in [0.25, 0.3) is 6.08 Å². The molecule has 2 aromatic carbocycles. The first-order valence-electron chi connectivity index (χ1n) is 8.43. The van der Waals surface area contributed by atoms with Crippen LogP contribution in [0, 0.1) is 19.3 Å². The Morgan fingerprint density at radius 1 is 0.920 bits per heavy atom. The van der Waals surface area contributed by atoms with Crippen molar-refractivity contribution < 1.29 is 0 Å². The van der Waals surface area contributed by atoms with Crippen molar-refractivity contribution in [1.82, 2.24) is 0 Å². The highest BCUT2D eigenvalue weighted by Crippen LogP contribution is 2.23. The Labute approximate surface area is 158 Å². The Bertz CT molecular complexity index is 664. The van der Waals surface area contributed by atoms with Crippen LogP contribution in [-0.2, 0) is 0 Å². The Kier molecular flexibility index (Phi) is 14.1. The molecule has 5 N–H and O–H groups in total. The largest absolute Gasteiger partial charge is 0.398 e. The van der Waals surface area contributed by atoms with Crippen LogP contribution >= 0.6 is 11.6 Å². The van der Waals surface area contributed by atoms with Crippen LogP contribution in [0.1, 0.15) is 49.9 Å². The molecule has 4 heteroatoms. The standard InChI is InChI=1S/C9H11N.C8H9ClN2.2C2H6/c1-3-8-6-7(2)4-5-9(8)10;1-5-2-6(4-10)8(11)7(9)3-5;2*1-2/h3-6H,1,10H2,2H3;2-4,10H,11H2,1H3;2*1-2H3. The first-order valence-corrected chi connectivity index (χ1v) is 8.81. The zero-order chi connectivity index (χ0) is 20.0. The van der Waals surface area contributed by atoms with Gasteiger partial charge in [-0.2, -0.15) is 0 Å². The van der Waals surface area contributed by atoms with E-state index >= 15 is 0 Å². The summed E-state index contributed by atoms with van der Waals surface area (Å²) in [5, 5.41) is 7.53. The number of halogens is 1. The van der Waals surface area contributed by atoms with Crippen molar-refractivity contribution >= 4 is 35.3 Å². The highest BCUT2D eigenvalue weighted by atomic mass is 35.5. The zero-order valence-electron chi connectivity index (χ0n) is 16.3. The van der Waals surface area contributed by atoms with Crippen LogP contribution in [0.15, 0.2) is 36.9 Å². The van der Waals surface area contributed by atoms with Crippen molar-refractivity contribution in [1.29, 1.82) is 5.41 Å². The lowest BCUT2D eigenvalue weighted by Gasteiger charge is -2.03. The topological polar surface area (TPSA) is 75.9 Å². The third-order valence-electron chi connectivity index (χ3n) is 2.92. The predicted molar refractivity (Wildman–Crippen MR) is 117 cm³/mol. The van der Waals surface area contributed by atoms with Gasteiger partial charge in [0.2, 0.25) is 0 Å². The lowest BCUT2D eigenvalue weighted by molar-refractivity contribution is 1.45. The maximum absolute atomic E-state index is 7.01. The molecule has 0 unspecified atom stereocenters. The summed E-state index contributed by atoms with van der Waals surface area (Å²) < 4.78 is 0. The molecule has 2 aromatic rings. The highest BCUT2D eigenvalue weighted by Gasteiger charge is 2.01. The molecule has 0 fully saturated rings. The number of hydrogen-bond donors (Lipinski definition) is 3. The first-order chi connectivity index (χ1) is 11.9. The average Bonchev–Trinajstić information content (AvgIpc) is 2.64. The van der Waals surface area contributed by atoms with E-state index in [-0.39, 0.29) is 0 Å². The molecule has 0 bridgehead atoms. The molecule has 0 radical (unpaired) electrons. The summed E-state index contributed by atoms with van der Waals surface area (Å²) >= 11 is 5.77. The molecule has 2 rings (SSSR count). The lowest BCUT2D eigenvalue weighted by Crippen LogP contribution is -1.94. The van der Waals surface area contributed by atoms with Gasteiger partial charge in [-0.25, -0.2) is 0 Å². The Morgan fingerprint density at radius 2 is 1.44 bits per heavy atom. The molecule has 138 valence electrons. The van der Waals surface area contributed by atoms with E-state index in [9.17, 15) is 0 Å². The summed E-state index contributed by atoms with van der Waals surface area (Å²) in [5.74, 6) is 0. The second kappa shape index (κ2) is 14.1. The van der Waals surface area contributed by atoms with E-state index < -0.39 is 0 Å². The van der Waals surface area contributed by atoms with E-state index in [2.05, 4.69) is 6.58 Å². The van der Waals surface area contributed by atoms with Gasteiger partial charge in [-0.3, -0.25) is 0 Å². The molecule has 0 saturated heterocycles. The fourth-order valence-electron chi connectivity index (χ4n) is 1.77. The molecule has 25 heavy (non-hydrogen) atoms. The van der Waals surface area contributed by atoms with Crippen molar-refractivity contribution in [3.05, 3.63) is 64.2 Å². The third-order valence-corrected chi connectivity index (χ3v) is 3.24. The molecule has 0 aliphatic carbocycles. The molecule has 0 spiro atoms. The molecule has 0 aliphatic rings. The van der Waals surface area contributed by atoms with Crippen LogP contribution in [0.3, 0.4) is 0 Å². The highest BCUT2D eigenvalue weighted by molar-refractivity contribution is 6.33. The van der Waals surface area contributed by atoms with Gasteiger partial charge in [0, 0.05) is 17.5 Å². The summed E-state index contributed by atoms with van der Waals surface area (Å²) in [6.07, 6.45) is 2.97. The maximum Gasteiger partial charge on any atom is 0.0644 e. The van der Waals surface area contributed by atoms with Crippen LogP contribution < -0.4 is 11.5 Å². The first kappa shape index (κ1) is 25.0. The molecule has 0 aromatic heterocycles. The molecule has 0 atom stereocenters. The Morgan fingerprint density at radius 3 is 1.88 bits per heavy atom. The van der Waals surface area contributed by atoms with Crippen LogP contribution in [0.5, 0.6) is 0 Å². The molecule has 3 nitrogen and oxygen atoms in total. The van der Waals surface area contributed by atoms with Crippen molar-refractivity contribution in [2.24, 2.45) is 0 Å². The van der Waals surface area contributed by atoms with E-state index in [1.807, 2.05) is 65.8 Å². The lowest BCUT2D eigenvalue weighted by atomic mass is 10.1. The predicted octanol–water partition coefficient (Wildman–Crippen LogP) is 6.50. The number of nitrogen functional groups attached to an aromatic ring is 2. The van der Waals surface area contributed by atoms with Gasteiger partial charge in [0.25, 0.3) is 0 Å². The van der Waals surface area contributed by atoms with Gasteiger partial charge in [-0.15, -0.1) is 0 Å². The van der Waals surface area contributed by atoms with Crippen molar-refractivity contribution in [3.8, 4) is 0 Å². The van der Waals surface area contributed by atoms with Gasteiger partial charge >= 0.3 is 0 Å². The quantitative estimate of drug-likeness (QED) is 0.421. The SMILES string of the molecule is C=Cc1cc(C)ccc1N.CC.CC.Cc1cc(Cl)c(N)c(C=N)c1. The monoisotopic (exact) mass is 361 g/mol. The minimum atomic E-state index is 0.479. The number of rotatable bonds is 2. The summed E-state index contributed by atoms with van der Waals surface area (Å²) in [6, 6.07) is 9.51. The zero-order valence-corrected chi connectivity index (χ0v) is 17.0. The van der Waals surface area contributed by atoms with Crippen LogP contribution in [0.2, 0.25) is 5.02 Å². The van der Waals surface area contributed by atoms with E-state index in [1.165, 1.54) is 11.8 Å². The fourth-order valence-corrected chi connectivity index (χ4v) is 2.05.